The Morgan fingerprint density at radius 1 is 0.425 bits per heavy atom. The lowest BCUT2D eigenvalue weighted by molar-refractivity contribution is -0.418. The fourth-order valence-electron chi connectivity index (χ4n) is 13.4. The van der Waals surface area contributed by atoms with Crippen molar-refractivity contribution in [2.24, 2.45) is 0 Å². The minimum Gasteiger partial charge on any atom is -0.477 e. The molecule has 0 radical (unpaired) electrons. The second-order valence-electron chi connectivity index (χ2n) is 26.8. The molecule has 8 heterocycles. The molecule has 8 rings (SSSR count). The van der Waals surface area contributed by atoms with Crippen LogP contribution in [0.15, 0.2) is 0 Å². The maximum atomic E-state index is 13.3. The number of carboxylic acids is 1. The highest BCUT2D eigenvalue weighted by atomic mass is 16.8. The number of ether oxygens (including phenoxy) is 15. The van der Waals surface area contributed by atoms with E-state index in [2.05, 4.69) is 21.3 Å². The molecule has 8 aliphatic heterocycles. The van der Waals surface area contributed by atoms with Crippen molar-refractivity contribution >= 4 is 29.6 Å². The number of aliphatic hydroxyl groups is 22. The maximum absolute atomic E-state index is 13.3. The number of carboxylic acid groups (broad SMARTS) is 1. The Balaban J connectivity index is 1.27. The van der Waals surface area contributed by atoms with Gasteiger partial charge in [0.1, 0.15) is 183 Å². The van der Waals surface area contributed by atoms with Crippen molar-refractivity contribution in [3.63, 3.8) is 0 Å². The van der Waals surface area contributed by atoms with Crippen LogP contribution in [0.25, 0.3) is 0 Å². The number of aliphatic hydroxyl groups excluding tert-OH is 22. The predicted molar refractivity (Wildman–Crippen MR) is 327 cm³/mol. The van der Waals surface area contributed by atoms with Gasteiger partial charge in [-0.05, 0) is 13.8 Å². The number of carbonyl (C=O) groups is 5. The van der Waals surface area contributed by atoms with Gasteiger partial charge >= 0.3 is 5.97 Å². The lowest BCUT2D eigenvalue weighted by Gasteiger charge is -2.52. The van der Waals surface area contributed by atoms with Gasteiger partial charge < -0.3 is 210 Å². The highest BCUT2D eigenvalue weighted by Gasteiger charge is 2.62. The van der Waals surface area contributed by atoms with Gasteiger partial charge in [-0.2, -0.15) is 0 Å². The van der Waals surface area contributed by atoms with Crippen LogP contribution in [0.1, 0.15) is 41.0 Å². The first-order chi connectivity index (χ1) is 49.9. The zero-order chi connectivity index (χ0) is 78.6. The molecule has 0 saturated carbocycles. The third kappa shape index (κ3) is 19.3. The molecule has 41 atom stereocenters. The lowest BCUT2D eigenvalue weighted by Crippen LogP contribution is -2.71. The van der Waals surface area contributed by atoms with Gasteiger partial charge in [0.15, 0.2) is 44.0 Å². The average Bonchev–Trinajstić information content (AvgIpc) is 0.796. The van der Waals surface area contributed by atoms with Crippen LogP contribution in [0, 0.1) is 0 Å². The number of carbonyl (C=O) groups excluding carboxylic acids is 4. The monoisotopic (exact) mass is 1550 g/mol. The Morgan fingerprint density at radius 3 is 1.30 bits per heavy atom. The van der Waals surface area contributed by atoms with Gasteiger partial charge in [-0.15, -0.1) is 0 Å². The molecular formula is C59H98N4O43. The molecule has 612 valence electrons. The van der Waals surface area contributed by atoms with E-state index < -0.39 is 333 Å². The van der Waals surface area contributed by atoms with Gasteiger partial charge in [-0.3, -0.25) is 19.2 Å². The van der Waals surface area contributed by atoms with Crippen molar-refractivity contribution in [1.29, 1.82) is 0 Å². The molecule has 8 fully saturated rings. The van der Waals surface area contributed by atoms with Gasteiger partial charge in [0.05, 0.1) is 64.0 Å². The van der Waals surface area contributed by atoms with Crippen LogP contribution in [-0.2, 0) is 95.0 Å². The van der Waals surface area contributed by atoms with E-state index in [1.54, 1.807) is 0 Å². The van der Waals surface area contributed by atoms with Gasteiger partial charge in [-0.25, -0.2) is 4.79 Å². The zero-order valence-electron chi connectivity index (χ0n) is 57.2. The van der Waals surface area contributed by atoms with Crippen molar-refractivity contribution in [1.82, 2.24) is 21.3 Å². The lowest BCUT2D eigenvalue weighted by atomic mass is 9.88. The highest BCUT2D eigenvalue weighted by molar-refractivity contribution is 5.78. The van der Waals surface area contributed by atoms with Gasteiger partial charge in [0.2, 0.25) is 23.6 Å². The van der Waals surface area contributed by atoms with E-state index in [1.807, 2.05) is 0 Å². The van der Waals surface area contributed by atoms with E-state index in [0.717, 1.165) is 20.8 Å². The van der Waals surface area contributed by atoms with Gasteiger partial charge in [0, 0.05) is 27.2 Å². The molecule has 0 aromatic carbocycles. The number of hydrogen-bond acceptors (Lipinski definition) is 42. The Morgan fingerprint density at radius 2 is 0.830 bits per heavy atom. The van der Waals surface area contributed by atoms with Gasteiger partial charge in [-0.1, -0.05) is 0 Å². The van der Waals surface area contributed by atoms with Crippen LogP contribution >= 0.6 is 0 Å². The number of nitrogens with one attached hydrogen (secondary N) is 4. The Labute approximate surface area is 600 Å². The fourth-order valence-corrected chi connectivity index (χ4v) is 13.4. The predicted octanol–water partition coefficient (Wildman–Crippen LogP) is -17.6. The number of rotatable bonds is 28. The van der Waals surface area contributed by atoms with E-state index in [4.69, 9.17) is 71.1 Å². The Bertz CT molecular complexity index is 2860. The fraction of sp³-hybridized carbons (Fsp3) is 0.915. The van der Waals surface area contributed by atoms with Crippen LogP contribution < -0.4 is 21.3 Å². The van der Waals surface area contributed by atoms with Crippen molar-refractivity contribution in [3.05, 3.63) is 0 Å². The molecule has 0 bridgehead atoms. The van der Waals surface area contributed by atoms with Crippen LogP contribution in [-0.4, -0.2) is 444 Å². The molecule has 0 aromatic heterocycles. The Hall–Kier alpha value is -4.13. The standard InChI is InChI=1S/C59H98N4O43/c1-14-31(75)41(85)43(87)54(94-14)104-49-47(102-53-29(61-17(4)70)40(84)35(79)22(9-66)98-53)36(80)23(10-67)99-56(49)103-48-38(82)24(12-92-52-28(60-16(3)69)39(83)34(78)21(8-65)97-52)100-57(50(48)105-55-44(88)42(86)32(76)15(2)95-55)101-45-30(62-18(5)71)51(89)96-25(37(45)81)13-93-59(58(90)91)6-19(72)27(63-26(74)11-68)46(106-59)33(77)20(73)7-64/h14-15,19-25,27-57,64-68,72-73,75-89H,6-13H2,1-5H3,(H,60,69)(H,61,70)(H,62,71)(H,63,74)(H,90,91)/t14-,15-,19-,20+,21+,22+,23+,24+,25+,27+,28+,29+,30+,31+,32+,33+,34+,35-,36-,37-,38-,39+,40+,41+,42+,43-,44-,45+,46+,47-,48-,49+,50+,51-,52+,53+,54-,55-,56-,57-,59+/m0/s1. The van der Waals surface area contributed by atoms with E-state index in [9.17, 15) is 141 Å². The van der Waals surface area contributed by atoms with Crippen molar-refractivity contribution in [3.8, 4) is 0 Å². The van der Waals surface area contributed by atoms with Crippen molar-refractivity contribution in [2.45, 2.75) is 292 Å². The third-order valence-electron chi connectivity index (χ3n) is 19.2. The largest absolute Gasteiger partial charge is 0.477 e. The van der Waals surface area contributed by atoms with E-state index in [1.165, 1.54) is 13.8 Å². The third-order valence-corrected chi connectivity index (χ3v) is 19.2. The first-order valence-corrected chi connectivity index (χ1v) is 33.6. The van der Waals surface area contributed by atoms with Gasteiger partial charge in [0.25, 0.3) is 5.79 Å². The van der Waals surface area contributed by atoms with Crippen LogP contribution in [0.2, 0.25) is 0 Å². The van der Waals surface area contributed by atoms with Crippen LogP contribution in [0.5, 0.6) is 0 Å². The summed E-state index contributed by atoms with van der Waals surface area (Å²) in [4.78, 5) is 64.2. The normalized spacial score (nSPS) is 47.2. The molecule has 27 N–H and O–H groups in total. The molecule has 4 amide bonds. The topological polar surface area (TPSA) is 737 Å². The van der Waals surface area contributed by atoms with Crippen LogP contribution in [0.3, 0.4) is 0 Å². The van der Waals surface area contributed by atoms with E-state index in [0.29, 0.717) is 0 Å². The molecule has 0 unspecified atom stereocenters. The summed E-state index contributed by atoms with van der Waals surface area (Å²) in [5, 5.41) is 265. The quantitative estimate of drug-likeness (QED) is 0.0346. The summed E-state index contributed by atoms with van der Waals surface area (Å²) in [6, 6.07) is -7.58. The molecule has 8 saturated heterocycles. The first-order valence-electron chi connectivity index (χ1n) is 33.6. The second-order valence-corrected chi connectivity index (χ2v) is 26.8. The smallest absolute Gasteiger partial charge is 0.364 e. The molecular weight excluding hydrogens is 1450 g/mol. The summed E-state index contributed by atoms with van der Waals surface area (Å²) in [5.41, 5.74) is 0. The molecule has 106 heavy (non-hydrogen) atoms. The zero-order valence-corrected chi connectivity index (χ0v) is 57.2. The van der Waals surface area contributed by atoms with E-state index in [-0.39, 0.29) is 0 Å². The summed E-state index contributed by atoms with van der Waals surface area (Å²) in [6.45, 7) is -3.10. The van der Waals surface area contributed by atoms with E-state index >= 15 is 0 Å². The van der Waals surface area contributed by atoms with Crippen molar-refractivity contribution in [2.75, 3.05) is 46.2 Å². The summed E-state index contributed by atoms with van der Waals surface area (Å²) in [7, 11) is 0. The second kappa shape index (κ2) is 37.5. The molecule has 0 aromatic rings. The molecule has 47 heteroatoms. The summed E-state index contributed by atoms with van der Waals surface area (Å²) >= 11 is 0. The number of hydrogen-bond donors (Lipinski definition) is 27. The van der Waals surface area contributed by atoms with Crippen LogP contribution in [0.4, 0.5) is 0 Å². The SMILES string of the molecule is CC(=O)N[C@@H]1[C@@H](O[C@@H]2O[C@H](CO[C@@H]3O[C@H](CO)[C@@H](O)[C@H](O)[C@H]3NC(C)=O)[C@H](O)[C@H](O[C@@H]3O[C@H](CO)[C@H](O)[C@H](O[C@H]4O[C@H](CO)[C@H](O)[C@H](O)[C@H]4NC(C)=O)[C@H]3O[C@@H]3O[C@@H](C)[C@@H](O)[C@@H](O)[C@@H]3O)[C@H]2O[C@@H]2O[C@@H](C)[C@@H](O)[C@@H](O)[C@@H]2O)[C@@H](O)[C@@H](CO[C@]2(C(=O)O)C[C@H](O)[C@@H](NC(=O)CO)[C@H]([C@H](O)[C@H](O)CO)O2)O[C@@H]1O. The van der Waals surface area contributed by atoms with Crippen molar-refractivity contribution < 1.29 is 212 Å². The summed E-state index contributed by atoms with van der Waals surface area (Å²) in [6.07, 6.45) is -79.2. The molecule has 0 spiro atoms. The Kier molecular flexibility index (Phi) is 30.9. The minimum absolute atomic E-state index is 0.868. The summed E-state index contributed by atoms with van der Waals surface area (Å²) < 4.78 is 90.8. The maximum Gasteiger partial charge on any atom is 0.364 e. The average molecular weight is 1550 g/mol. The molecule has 47 nitrogen and oxygen atoms in total. The summed E-state index contributed by atoms with van der Waals surface area (Å²) in [5.74, 6) is -9.38. The first kappa shape index (κ1) is 87.4. The highest BCUT2D eigenvalue weighted by Crippen LogP contribution is 2.41. The number of amides is 4. The molecule has 0 aliphatic carbocycles. The molecule has 8 aliphatic rings. The number of aliphatic carboxylic acids is 1. The minimum atomic E-state index is -3.23.